The Bertz CT molecular complexity index is 436. The molecule has 2 heterocycles. The second-order valence-electron chi connectivity index (χ2n) is 5.23. The molecule has 106 valence electrons. The second-order valence-corrected chi connectivity index (χ2v) is 6.60. The molecule has 1 amide bonds. The van der Waals surface area contributed by atoms with Crippen LogP contribution in [0, 0.1) is 12.8 Å². The third-order valence-electron chi connectivity index (χ3n) is 3.70. The van der Waals surface area contributed by atoms with Crippen molar-refractivity contribution >= 4 is 17.2 Å². The summed E-state index contributed by atoms with van der Waals surface area (Å²) in [4.78, 5) is 14.5. The molecule has 1 aromatic rings. The number of hydrogen-bond acceptors (Lipinski definition) is 4. The van der Waals surface area contributed by atoms with Crippen molar-refractivity contribution in [3.63, 3.8) is 0 Å². The Balaban J connectivity index is 1.90. The molecule has 19 heavy (non-hydrogen) atoms. The molecule has 1 atom stereocenters. The van der Waals surface area contributed by atoms with E-state index in [0.29, 0.717) is 19.8 Å². The first kappa shape index (κ1) is 14.5. The van der Waals surface area contributed by atoms with E-state index in [9.17, 15) is 9.90 Å². The molecule has 2 rings (SSSR count). The van der Waals surface area contributed by atoms with Crippen molar-refractivity contribution in [3.05, 3.63) is 21.9 Å². The summed E-state index contributed by atoms with van der Waals surface area (Å²) in [5.41, 5.74) is -1.31. The van der Waals surface area contributed by atoms with Gasteiger partial charge in [-0.2, -0.15) is 0 Å². The third-order valence-corrected chi connectivity index (χ3v) is 4.70. The van der Waals surface area contributed by atoms with Crippen LogP contribution >= 0.6 is 11.3 Å². The van der Waals surface area contributed by atoms with Crippen LogP contribution in [0.2, 0.25) is 0 Å². The lowest BCUT2D eigenvalue weighted by Gasteiger charge is -2.34. The zero-order chi connectivity index (χ0) is 13.9. The maximum Gasteiger partial charge on any atom is 0.252 e. The lowest BCUT2D eigenvalue weighted by atomic mass is 9.82. The van der Waals surface area contributed by atoms with Gasteiger partial charge in [0.25, 0.3) is 5.91 Å². The van der Waals surface area contributed by atoms with Crippen LogP contribution in [0.1, 0.15) is 29.5 Å². The number of aliphatic hydroxyl groups is 1. The third kappa shape index (κ3) is 3.55. The average molecular weight is 283 g/mol. The molecular formula is C14H21NO3S. The van der Waals surface area contributed by atoms with Gasteiger partial charge in [0.2, 0.25) is 0 Å². The maximum atomic E-state index is 12.1. The number of carbonyl (C=O) groups is 1. The van der Waals surface area contributed by atoms with E-state index in [-0.39, 0.29) is 11.8 Å². The van der Waals surface area contributed by atoms with Crippen molar-refractivity contribution in [2.75, 3.05) is 13.2 Å². The van der Waals surface area contributed by atoms with Gasteiger partial charge in [-0.15, -0.1) is 11.3 Å². The van der Waals surface area contributed by atoms with Crippen LogP contribution in [-0.4, -0.2) is 29.8 Å². The van der Waals surface area contributed by atoms with Crippen LogP contribution in [0.3, 0.4) is 0 Å². The van der Waals surface area contributed by atoms with Gasteiger partial charge in [0.15, 0.2) is 0 Å². The normalized spacial score (nSPS) is 19.9. The fourth-order valence-electron chi connectivity index (χ4n) is 2.37. The van der Waals surface area contributed by atoms with Crippen molar-refractivity contribution in [3.8, 4) is 0 Å². The lowest BCUT2D eigenvalue weighted by molar-refractivity contribution is -0.147. The molecule has 5 heteroatoms. The minimum absolute atomic E-state index is 0.0219. The number of carbonyl (C=O) groups excluding carboxylic acids is 1. The van der Waals surface area contributed by atoms with E-state index in [1.54, 1.807) is 18.3 Å². The molecule has 0 saturated carbocycles. The number of hydrogen-bond donors (Lipinski definition) is 2. The van der Waals surface area contributed by atoms with E-state index < -0.39 is 5.60 Å². The Morgan fingerprint density at radius 3 is 2.79 bits per heavy atom. The average Bonchev–Trinajstić information content (AvgIpc) is 2.82. The summed E-state index contributed by atoms with van der Waals surface area (Å²) in [6.45, 7) is 5.37. The zero-order valence-corrected chi connectivity index (χ0v) is 12.3. The number of amides is 1. The van der Waals surface area contributed by atoms with Crippen LogP contribution in [0.4, 0.5) is 0 Å². The topological polar surface area (TPSA) is 58.6 Å². The molecule has 4 nitrogen and oxygen atoms in total. The number of rotatable bonds is 4. The largest absolute Gasteiger partial charge is 0.381 e. The smallest absolute Gasteiger partial charge is 0.252 e. The minimum Gasteiger partial charge on any atom is -0.381 e. The Labute approximate surface area is 117 Å². The van der Waals surface area contributed by atoms with Crippen molar-refractivity contribution in [1.29, 1.82) is 0 Å². The highest BCUT2D eigenvalue weighted by Crippen LogP contribution is 2.27. The molecule has 0 bridgehead atoms. The van der Waals surface area contributed by atoms with Crippen molar-refractivity contribution in [2.24, 2.45) is 5.92 Å². The van der Waals surface area contributed by atoms with E-state index >= 15 is 0 Å². The van der Waals surface area contributed by atoms with E-state index in [0.717, 1.165) is 17.7 Å². The van der Waals surface area contributed by atoms with Gasteiger partial charge in [-0.1, -0.05) is 0 Å². The summed E-state index contributed by atoms with van der Waals surface area (Å²) in [6, 6.07) is 4.03. The van der Waals surface area contributed by atoms with Gasteiger partial charge in [0, 0.05) is 28.9 Å². The summed E-state index contributed by atoms with van der Waals surface area (Å²) < 4.78 is 5.27. The first-order chi connectivity index (χ1) is 9.00. The van der Waals surface area contributed by atoms with Gasteiger partial charge in [-0.25, -0.2) is 0 Å². The second kappa shape index (κ2) is 6.03. The summed E-state index contributed by atoms with van der Waals surface area (Å²) in [6.07, 6.45) is 1.47. The van der Waals surface area contributed by atoms with Crippen LogP contribution in [0.5, 0.6) is 0 Å². The monoisotopic (exact) mass is 283 g/mol. The molecule has 0 unspecified atom stereocenters. The molecule has 1 aliphatic heterocycles. The van der Waals surface area contributed by atoms with Crippen LogP contribution in [0.15, 0.2) is 12.1 Å². The molecule has 0 aliphatic carbocycles. The Hall–Kier alpha value is -0.910. The highest BCUT2D eigenvalue weighted by Gasteiger charge is 2.39. The zero-order valence-electron chi connectivity index (χ0n) is 11.4. The fourth-order valence-corrected chi connectivity index (χ4v) is 3.20. The number of ether oxygens (including phenoxy) is 1. The molecule has 1 saturated heterocycles. The standard InChI is InChI=1S/C14H21NO3S/c1-10-3-4-12(19-10)9-15-13(16)14(2,17)11-5-7-18-8-6-11/h3-4,11,17H,5-9H2,1-2H3,(H,15,16)/t14-/m0/s1. The highest BCUT2D eigenvalue weighted by molar-refractivity contribution is 7.11. The first-order valence-electron chi connectivity index (χ1n) is 6.64. The van der Waals surface area contributed by atoms with Crippen molar-refractivity contribution in [2.45, 2.75) is 38.8 Å². The molecule has 0 aromatic carbocycles. The predicted molar refractivity (Wildman–Crippen MR) is 75.1 cm³/mol. The highest BCUT2D eigenvalue weighted by atomic mass is 32.1. The van der Waals surface area contributed by atoms with Crippen LogP contribution < -0.4 is 5.32 Å². The van der Waals surface area contributed by atoms with Crippen molar-refractivity contribution in [1.82, 2.24) is 5.32 Å². The quantitative estimate of drug-likeness (QED) is 0.886. The number of thiophene rings is 1. The Kier molecular flexibility index (Phi) is 4.60. The minimum atomic E-state index is -1.31. The van der Waals surface area contributed by atoms with Gasteiger partial charge in [-0.3, -0.25) is 4.79 Å². The van der Waals surface area contributed by atoms with E-state index in [1.807, 2.05) is 19.1 Å². The van der Waals surface area contributed by atoms with Crippen molar-refractivity contribution < 1.29 is 14.6 Å². The van der Waals surface area contributed by atoms with Gasteiger partial charge in [-0.05, 0) is 38.8 Å². The van der Waals surface area contributed by atoms with Crippen LogP contribution in [0.25, 0.3) is 0 Å². The number of aryl methyl sites for hydroxylation is 1. The molecule has 2 N–H and O–H groups in total. The molecule has 0 radical (unpaired) electrons. The van der Waals surface area contributed by atoms with E-state index in [4.69, 9.17) is 4.74 Å². The molecule has 1 fully saturated rings. The molecule has 1 aliphatic rings. The number of nitrogens with one attached hydrogen (secondary N) is 1. The van der Waals surface area contributed by atoms with Gasteiger partial charge in [0.1, 0.15) is 5.60 Å². The molecular weight excluding hydrogens is 262 g/mol. The summed E-state index contributed by atoms with van der Waals surface area (Å²) >= 11 is 1.66. The molecule has 1 aromatic heterocycles. The van der Waals surface area contributed by atoms with E-state index in [1.165, 1.54) is 4.88 Å². The van der Waals surface area contributed by atoms with Gasteiger partial charge >= 0.3 is 0 Å². The summed E-state index contributed by atoms with van der Waals surface area (Å²) in [5.74, 6) is -0.309. The Morgan fingerprint density at radius 1 is 1.53 bits per heavy atom. The predicted octanol–water partition coefficient (Wildman–Crippen LogP) is 1.85. The SMILES string of the molecule is Cc1ccc(CNC(=O)[C@@](C)(O)C2CCOCC2)s1. The summed E-state index contributed by atoms with van der Waals surface area (Å²) in [7, 11) is 0. The summed E-state index contributed by atoms with van der Waals surface area (Å²) in [5, 5.41) is 13.3. The Morgan fingerprint density at radius 2 is 2.21 bits per heavy atom. The molecule has 0 spiro atoms. The lowest BCUT2D eigenvalue weighted by Crippen LogP contribution is -2.51. The van der Waals surface area contributed by atoms with Gasteiger partial charge in [0.05, 0.1) is 6.54 Å². The maximum absolute atomic E-state index is 12.1. The first-order valence-corrected chi connectivity index (χ1v) is 7.45. The fraction of sp³-hybridized carbons (Fsp3) is 0.643. The van der Waals surface area contributed by atoms with E-state index in [2.05, 4.69) is 5.32 Å². The van der Waals surface area contributed by atoms with Gasteiger partial charge < -0.3 is 15.2 Å². The van der Waals surface area contributed by atoms with Crippen LogP contribution in [-0.2, 0) is 16.1 Å².